The van der Waals surface area contributed by atoms with Crippen LogP contribution in [0.4, 0.5) is 0 Å². The van der Waals surface area contributed by atoms with Crippen molar-refractivity contribution in [2.45, 2.75) is 5.92 Å². The molecule has 5 heteroatoms. The number of hydrogen-bond acceptors (Lipinski definition) is 4. The van der Waals surface area contributed by atoms with Gasteiger partial charge in [0.2, 0.25) is 0 Å². The molecule has 0 unspecified atom stereocenters. The van der Waals surface area contributed by atoms with Crippen LogP contribution in [0.3, 0.4) is 0 Å². The lowest BCUT2D eigenvalue weighted by Crippen LogP contribution is -2.45. The number of aliphatic hydroxyl groups excluding tert-OH is 1. The summed E-state index contributed by atoms with van der Waals surface area (Å²) in [6, 6.07) is 7.64. The van der Waals surface area contributed by atoms with E-state index >= 15 is 0 Å². The highest BCUT2D eigenvalue weighted by atomic mass is 16.5. The lowest BCUT2D eigenvalue weighted by Gasteiger charge is -2.35. The molecule has 0 aromatic heterocycles. The number of likely N-dealkylation sites (tertiary alicyclic amines) is 1. The molecule has 2 aliphatic heterocycles. The number of carbonyl (C=O) groups is 1. The molecule has 0 amide bonds. The number of fused-ring (bicyclic) bond motifs is 3. The Morgan fingerprint density at radius 2 is 2.26 bits per heavy atom. The first kappa shape index (κ1) is 12.4. The minimum Gasteiger partial charge on any atom is -0.492 e. The average Bonchev–Trinajstić information content (AvgIpc) is 2.79. The fourth-order valence-corrected chi connectivity index (χ4v) is 3.25. The van der Waals surface area contributed by atoms with Crippen molar-refractivity contribution in [1.29, 1.82) is 0 Å². The number of hydrogen-bond donors (Lipinski definition) is 2. The predicted molar refractivity (Wildman–Crippen MR) is 68.3 cm³/mol. The second kappa shape index (κ2) is 4.51. The van der Waals surface area contributed by atoms with Gasteiger partial charge in [0.25, 0.3) is 0 Å². The van der Waals surface area contributed by atoms with Crippen molar-refractivity contribution in [3.63, 3.8) is 0 Å². The molecule has 19 heavy (non-hydrogen) atoms. The summed E-state index contributed by atoms with van der Waals surface area (Å²) >= 11 is 0. The van der Waals surface area contributed by atoms with Crippen LogP contribution >= 0.6 is 0 Å². The molecule has 102 valence electrons. The summed E-state index contributed by atoms with van der Waals surface area (Å²) < 4.78 is 5.66. The van der Waals surface area contributed by atoms with E-state index in [2.05, 4.69) is 0 Å². The Morgan fingerprint density at radius 1 is 1.47 bits per heavy atom. The van der Waals surface area contributed by atoms with E-state index in [9.17, 15) is 9.90 Å². The van der Waals surface area contributed by atoms with Crippen LogP contribution in [-0.2, 0) is 4.79 Å². The van der Waals surface area contributed by atoms with Gasteiger partial charge in [0.1, 0.15) is 17.8 Å². The zero-order valence-electron chi connectivity index (χ0n) is 10.6. The van der Waals surface area contributed by atoms with Crippen LogP contribution in [0.15, 0.2) is 24.3 Å². The average molecular weight is 263 g/mol. The Hall–Kier alpha value is -1.59. The van der Waals surface area contributed by atoms with Gasteiger partial charge in [-0.2, -0.15) is 0 Å². The van der Waals surface area contributed by atoms with Crippen LogP contribution in [0.5, 0.6) is 5.75 Å². The summed E-state index contributed by atoms with van der Waals surface area (Å²) in [6.45, 7) is 1.85. The van der Waals surface area contributed by atoms with Crippen LogP contribution in [-0.4, -0.2) is 53.9 Å². The molecular weight excluding hydrogens is 246 g/mol. The van der Waals surface area contributed by atoms with E-state index in [1.807, 2.05) is 29.2 Å². The highest BCUT2D eigenvalue weighted by Gasteiger charge is 2.56. The maximum Gasteiger partial charge on any atom is 0.315 e. The first-order valence-electron chi connectivity index (χ1n) is 6.46. The van der Waals surface area contributed by atoms with Gasteiger partial charge in [0.05, 0.1) is 6.61 Å². The molecule has 0 bridgehead atoms. The van der Waals surface area contributed by atoms with E-state index in [0.29, 0.717) is 19.6 Å². The van der Waals surface area contributed by atoms with Crippen LogP contribution in [0, 0.1) is 5.41 Å². The van der Waals surface area contributed by atoms with Gasteiger partial charge in [-0.15, -0.1) is 0 Å². The predicted octanol–water partition coefficient (Wildman–Crippen LogP) is 0.542. The third kappa shape index (κ3) is 1.81. The number of benzene rings is 1. The van der Waals surface area contributed by atoms with E-state index < -0.39 is 11.4 Å². The standard InChI is InChI=1S/C14H17NO4/c16-6-5-15-7-11-10-3-1-2-4-12(10)19-9-14(11,8-15)13(17)18/h1-4,11,16H,5-9H2,(H,17,18)/t11-,14-/m1/s1. The molecule has 0 saturated carbocycles. The zero-order valence-corrected chi connectivity index (χ0v) is 10.6. The number of carboxylic acid groups (broad SMARTS) is 1. The topological polar surface area (TPSA) is 70.0 Å². The van der Waals surface area contributed by atoms with Gasteiger partial charge in [0.15, 0.2) is 0 Å². The summed E-state index contributed by atoms with van der Waals surface area (Å²) in [5.41, 5.74) is 0.0837. The molecule has 2 aliphatic rings. The van der Waals surface area contributed by atoms with Crippen LogP contribution in [0.1, 0.15) is 11.5 Å². The molecule has 2 atom stereocenters. The van der Waals surface area contributed by atoms with Crippen molar-refractivity contribution >= 4 is 5.97 Å². The minimum atomic E-state index is -0.885. The summed E-state index contributed by atoms with van der Waals surface area (Å²) in [4.78, 5) is 13.8. The number of aliphatic carboxylic acids is 1. The molecule has 1 saturated heterocycles. The van der Waals surface area contributed by atoms with E-state index in [-0.39, 0.29) is 19.1 Å². The summed E-state index contributed by atoms with van der Waals surface area (Å²) in [7, 11) is 0. The summed E-state index contributed by atoms with van der Waals surface area (Å²) in [5.74, 6) is -0.0934. The van der Waals surface area contributed by atoms with E-state index in [0.717, 1.165) is 11.3 Å². The Morgan fingerprint density at radius 3 is 3.00 bits per heavy atom. The lowest BCUT2D eigenvalue weighted by atomic mass is 9.73. The Balaban J connectivity index is 2.01. The molecular formula is C14H17NO4. The molecule has 2 N–H and O–H groups in total. The van der Waals surface area contributed by atoms with Gasteiger partial charge >= 0.3 is 5.97 Å². The molecule has 1 fully saturated rings. The molecule has 0 radical (unpaired) electrons. The highest BCUT2D eigenvalue weighted by Crippen LogP contribution is 2.49. The normalized spacial score (nSPS) is 29.4. The second-order valence-corrected chi connectivity index (χ2v) is 5.30. The SMILES string of the molecule is O=C(O)[C@]12COc3ccccc3[C@H]1CN(CCO)C2. The van der Waals surface area contributed by atoms with Crippen LogP contribution < -0.4 is 4.74 Å². The number of para-hydroxylation sites is 1. The van der Waals surface area contributed by atoms with Gasteiger partial charge in [0, 0.05) is 25.6 Å². The number of carboxylic acids is 1. The first-order chi connectivity index (χ1) is 9.17. The quantitative estimate of drug-likeness (QED) is 0.833. The van der Waals surface area contributed by atoms with E-state index in [1.54, 1.807) is 0 Å². The summed E-state index contributed by atoms with van der Waals surface area (Å²) in [6.07, 6.45) is 0. The zero-order chi connectivity index (χ0) is 13.5. The lowest BCUT2D eigenvalue weighted by molar-refractivity contribution is -0.151. The van der Waals surface area contributed by atoms with Gasteiger partial charge in [-0.3, -0.25) is 9.69 Å². The van der Waals surface area contributed by atoms with Crippen molar-refractivity contribution in [2.75, 3.05) is 32.8 Å². The monoisotopic (exact) mass is 263 g/mol. The minimum absolute atomic E-state index is 0.0466. The molecule has 0 aliphatic carbocycles. The van der Waals surface area contributed by atoms with Gasteiger partial charge < -0.3 is 14.9 Å². The van der Waals surface area contributed by atoms with Crippen molar-refractivity contribution in [3.05, 3.63) is 29.8 Å². The highest BCUT2D eigenvalue weighted by molar-refractivity contribution is 5.78. The van der Waals surface area contributed by atoms with Crippen LogP contribution in [0.25, 0.3) is 0 Å². The summed E-state index contributed by atoms with van der Waals surface area (Å²) in [5, 5.41) is 18.7. The largest absolute Gasteiger partial charge is 0.492 e. The van der Waals surface area contributed by atoms with Crippen molar-refractivity contribution < 1.29 is 19.7 Å². The number of nitrogens with zero attached hydrogens (tertiary/aromatic N) is 1. The fourth-order valence-electron chi connectivity index (χ4n) is 3.25. The molecule has 5 nitrogen and oxygen atoms in total. The number of β-amino-alcohol motifs (C(OH)–C–C–N with tert-alkyl or cyclic N) is 1. The number of rotatable bonds is 3. The molecule has 3 rings (SSSR count). The third-order valence-electron chi connectivity index (χ3n) is 4.24. The molecule has 0 spiro atoms. The number of aliphatic hydroxyl groups is 1. The maximum absolute atomic E-state index is 11.7. The number of ether oxygens (including phenoxy) is 1. The van der Waals surface area contributed by atoms with Gasteiger partial charge in [-0.05, 0) is 11.6 Å². The van der Waals surface area contributed by atoms with Crippen molar-refractivity contribution in [3.8, 4) is 5.75 Å². The smallest absolute Gasteiger partial charge is 0.315 e. The maximum atomic E-state index is 11.7. The first-order valence-corrected chi connectivity index (χ1v) is 6.46. The third-order valence-corrected chi connectivity index (χ3v) is 4.24. The molecule has 1 aromatic carbocycles. The Kier molecular flexibility index (Phi) is 2.95. The van der Waals surface area contributed by atoms with Crippen LogP contribution in [0.2, 0.25) is 0 Å². The van der Waals surface area contributed by atoms with Gasteiger partial charge in [-0.1, -0.05) is 18.2 Å². The molecule has 2 heterocycles. The molecule has 1 aromatic rings. The van der Waals surface area contributed by atoms with Crippen molar-refractivity contribution in [2.24, 2.45) is 5.41 Å². The van der Waals surface area contributed by atoms with E-state index in [1.165, 1.54) is 0 Å². The van der Waals surface area contributed by atoms with Gasteiger partial charge in [-0.25, -0.2) is 0 Å². The second-order valence-electron chi connectivity index (χ2n) is 5.30. The Bertz CT molecular complexity index is 504. The van der Waals surface area contributed by atoms with E-state index in [4.69, 9.17) is 9.84 Å². The Labute approximate surface area is 111 Å². The van der Waals surface area contributed by atoms with Crippen molar-refractivity contribution in [1.82, 2.24) is 4.90 Å². The fraction of sp³-hybridized carbons (Fsp3) is 0.500.